The van der Waals surface area contributed by atoms with Gasteiger partial charge in [-0.05, 0) is 6.92 Å². The number of hydrogen-bond donors (Lipinski definition) is 3. The lowest BCUT2D eigenvalue weighted by Gasteiger charge is -2.15. The summed E-state index contributed by atoms with van der Waals surface area (Å²) in [6, 6.07) is 0. The Balaban J connectivity index is 2.78. The second-order valence-electron chi connectivity index (χ2n) is 2.37. The van der Waals surface area contributed by atoms with Crippen molar-refractivity contribution in [3.8, 4) is 0 Å². The van der Waals surface area contributed by atoms with E-state index in [1.54, 1.807) is 0 Å². The fourth-order valence-electron chi connectivity index (χ4n) is 0.718. The Kier molecular flexibility index (Phi) is 1.22. The highest BCUT2D eigenvalue weighted by molar-refractivity contribution is 5.87. The molecule has 0 aromatic rings. The highest BCUT2D eigenvalue weighted by atomic mass is 16.4. The molecule has 1 heterocycles. The van der Waals surface area contributed by atoms with Crippen LogP contribution in [0.15, 0.2) is 0 Å². The smallest absolute Gasteiger partial charge is 0.254 e. The molecule has 4 heteroatoms. The van der Waals surface area contributed by atoms with Crippen molar-refractivity contribution < 1.29 is 15.0 Å². The Morgan fingerprint density at radius 1 is 1.89 bits per heavy atom. The molecule has 3 N–H and O–H groups in total. The van der Waals surface area contributed by atoms with Gasteiger partial charge < -0.3 is 15.5 Å². The van der Waals surface area contributed by atoms with E-state index in [0.717, 1.165) is 0 Å². The molecule has 1 rings (SSSR count). The zero-order chi connectivity index (χ0) is 7.07. The molecule has 0 bridgehead atoms. The van der Waals surface area contributed by atoms with E-state index >= 15 is 0 Å². The minimum Gasteiger partial charge on any atom is -0.388 e. The Morgan fingerprint density at radius 2 is 2.44 bits per heavy atom. The van der Waals surface area contributed by atoms with Gasteiger partial charge in [-0.1, -0.05) is 0 Å². The Hall–Kier alpha value is -0.610. The van der Waals surface area contributed by atoms with Crippen molar-refractivity contribution in [2.45, 2.75) is 18.6 Å². The number of aliphatic hydroxyl groups is 2. The molecule has 0 aromatic heterocycles. The summed E-state index contributed by atoms with van der Waals surface area (Å²) in [5, 5.41) is 20.3. The van der Waals surface area contributed by atoms with Crippen molar-refractivity contribution in [1.29, 1.82) is 0 Å². The van der Waals surface area contributed by atoms with Crippen LogP contribution in [0.4, 0.5) is 0 Å². The van der Waals surface area contributed by atoms with E-state index in [1.165, 1.54) is 6.92 Å². The van der Waals surface area contributed by atoms with Crippen LogP contribution in [0, 0.1) is 0 Å². The van der Waals surface area contributed by atoms with E-state index in [4.69, 9.17) is 10.2 Å². The van der Waals surface area contributed by atoms with Crippen LogP contribution in [0.3, 0.4) is 0 Å². The van der Waals surface area contributed by atoms with Crippen LogP contribution < -0.4 is 5.32 Å². The van der Waals surface area contributed by atoms with Gasteiger partial charge in [-0.3, -0.25) is 4.79 Å². The molecule has 0 radical (unpaired) electrons. The van der Waals surface area contributed by atoms with Crippen LogP contribution in [0.1, 0.15) is 6.92 Å². The van der Waals surface area contributed by atoms with Crippen LogP contribution in [0.2, 0.25) is 0 Å². The monoisotopic (exact) mass is 131 g/mol. The number of amides is 1. The van der Waals surface area contributed by atoms with Crippen LogP contribution in [-0.2, 0) is 4.79 Å². The van der Waals surface area contributed by atoms with Crippen molar-refractivity contribution in [3.05, 3.63) is 0 Å². The van der Waals surface area contributed by atoms with Crippen molar-refractivity contribution in [2.24, 2.45) is 0 Å². The maximum atomic E-state index is 10.6. The normalized spacial score (nSPS) is 43.0. The van der Waals surface area contributed by atoms with E-state index < -0.39 is 17.6 Å². The molecule has 0 spiro atoms. The van der Waals surface area contributed by atoms with Gasteiger partial charge in [-0.2, -0.15) is 0 Å². The molecule has 2 unspecified atom stereocenters. The number of hydrogen-bond acceptors (Lipinski definition) is 3. The molecule has 1 fully saturated rings. The first kappa shape index (κ1) is 6.51. The maximum absolute atomic E-state index is 10.6. The van der Waals surface area contributed by atoms with Gasteiger partial charge in [0, 0.05) is 6.54 Å². The molecule has 0 saturated carbocycles. The largest absolute Gasteiger partial charge is 0.388 e. The molecule has 1 saturated heterocycles. The number of aliphatic hydroxyl groups excluding tert-OH is 1. The lowest BCUT2D eigenvalue weighted by atomic mass is 10.0. The minimum absolute atomic E-state index is 0.145. The summed E-state index contributed by atoms with van der Waals surface area (Å²) in [4.78, 5) is 10.6. The van der Waals surface area contributed by atoms with E-state index in [9.17, 15) is 4.79 Å². The van der Waals surface area contributed by atoms with E-state index in [-0.39, 0.29) is 6.54 Å². The van der Waals surface area contributed by atoms with Gasteiger partial charge in [-0.25, -0.2) is 0 Å². The van der Waals surface area contributed by atoms with Crippen LogP contribution >= 0.6 is 0 Å². The third kappa shape index (κ3) is 0.799. The zero-order valence-corrected chi connectivity index (χ0v) is 5.09. The minimum atomic E-state index is -1.58. The molecule has 0 aromatic carbocycles. The fraction of sp³-hybridized carbons (Fsp3) is 0.800. The predicted molar refractivity (Wildman–Crippen MR) is 29.6 cm³/mol. The third-order valence-electron chi connectivity index (χ3n) is 1.56. The molecule has 1 aliphatic rings. The van der Waals surface area contributed by atoms with E-state index in [2.05, 4.69) is 5.32 Å². The van der Waals surface area contributed by atoms with Gasteiger partial charge >= 0.3 is 0 Å². The first-order valence-corrected chi connectivity index (χ1v) is 2.74. The summed E-state index contributed by atoms with van der Waals surface area (Å²) in [5.74, 6) is -0.505. The molecule has 1 amide bonds. The van der Waals surface area contributed by atoms with Crippen molar-refractivity contribution >= 4 is 5.91 Å². The van der Waals surface area contributed by atoms with Gasteiger partial charge in [0.1, 0.15) is 6.10 Å². The van der Waals surface area contributed by atoms with Gasteiger partial charge in [-0.15, -0.1) is 0 Å². The highest BCUT2D eigenvalue weighted by Gasteiger charge is 2.43. The Bertz CT molecular complexity index is 143. The Morgan fingerprint density at radius 3 is 2.56 bits per heavy atom. The summed E-state index contributed by atoms with van der Waals surface area (Å²) >= 11 is 0. The Labute approximate surface area is 52.5 Å². The molecule has 9 heavy (non-hydrogen) atoms. The topological polar surface area (TPSA) is 69.6 Å². The quantitative estimate of drug-likeness (QED) is 0.364. The summed E-state index contributed by atoms with van der Waals surface area (Å²) in [7, 11) is 0. The first-order chi connectivity index (χ1) is 4.05. The maximum Gasteiger partial charge on any atom is 0.254 e. The van der Waals surface area contributed by atoms with Crippen LogP contribution in [0.5, 0.6) is 0 Å². The SMILES string of the molecule is CC1(O)C(=O)NCC1O. The zero-order valence-electron chi connectivity index (χ0n) is 5.09. The standard InChI is InChI=1S/C5H9NO3/c1-5(9)3(7)2-6-4(5)8/h3,7,9H,2H2,1H3,(H,6,8). The highest BCUT2D eigenvalue weighted by Crippen LogP contribution is 2.14. The molecular formula is C5H9NO3. The van der Waals surface area contributed by atoms with Gasteiger partial charge in [0.05, 0.1) is 0 Å². The average molecular weight is 131 g/mol. The second kappa shape index (κ2) is 1.68. The predicted octanol–water partition coefficient (Wildman–Crippen LogP) is -1.77. The summed E-state index contributed by atoms with van der Waals surface area (Å²) in [6.45, 7) is 1.44. The lowest BCUT2D eigenvalue weighted by molar-refractivity contribution is -0.139. The van der Waals surface area contributed by atoms with Gasteiger partial charge in [0.2, 0.25) is 0 Å². The van der Waals surface area contributed by atoms with Crippen molar-refractivity contribution in [1.82, 2.24) is 5.32 Å². The van der Waals surface area contributed by atoms with Gasteiger partial charge in [0.15, 0.2) is 5.60 Å². The lowest BCUT2D eigenvalue weighted by Crippen LogP contribution is -2.41. The van der Waals surface area contributed by atoms with Gasteiger partial charge in [0.25, 0.3) is 5.91 Å². The summed E-state index contributed by atoms with van der Waals surface area (Å²) in [5.41, 5.74) is -1.58. The number of β-amino-alcohol motifs (C(OH)–C–C–N with tert-alkyl or cyclic N) is 1. The third-order valence-corrected chi connectivity index (χ3v) is 1.56. The molecule has 4 nitrogen and oxygen atoms in total. The second-order valence-corrected chi connectivity index (χ2v) is 2.37. The molecular weight excluding hydrogens is 122 g/mol. The number of carbonyl (C=O) groups is 1. The molecule has 1 aliphatic heterocycles. The van der Waals surface area contributed by atoms with Crippen LogP contribution in [0.25, 0.3) is 0 Å². The number of carbonyl (C=O) groups excluding carboxylic acids is 1. The van der Waals surface area contributed by atoms with E-state index in [1.807, 2.05) is 0 Å². The summed E-state index contributed by atoms with van der Waals surface area (Å²) in [6.07, 6.45) is -0.968. The van der Waals surface area contributed by atoms with E-state index in [0.29, 0.717) is 0 Å². The van der Waals surface area contributed by atoms with Crippen molar-refractivity contribution in [3.63, 3.8) is 0 Å². The van der Waals surface area contributed by atoms with Crippen molar-refractivity contribution in [2.75, 3.05) is 6.54 Å². The first-order valence-electron chi connectivity index (χ1n) is 2.74. The molecule has 2 atom stereocenters. The fourth-order valence-corrected chi connectivity index (χ4v) is 0.718. The molecule has 52 valence electrons. The number of nitrogens with one attached hydrogen (secondary N) is 1. The molecule has 0 aliphatic carbocycles. The average Bonchev–Trinajstić information content (AvgIpc) is 1.96. The summed E-state index contributed by atoms with van der Waals surface area (Å²) < 4.78 is 0. The van der Waals surface area contributed by atoms with Crippen LogP contribution in [-0.4, -0.2) is 34.4 Å². The number of rotatable bonds is 0.